The van der Waals surface area contributed by atoms with Crippen molar-refractivity contribution < 1.29 is 9.90 Å². The van der Waals surface area contributed by atoms with Crippen molar-refractivity contribution in [1.29, 1.82) is 0 Å². The molecule has 5 nitrogen and oxygen atoms in total. The van der Waals surface area contributed by atoms with Gasteiger partial charge in [0, 0.05) is 55.0 Å². The summed E-state index contributed by atoms with van der Waals surface area (Å²) in [6, 6.07) is 14.5. The van der Waals surface area contributed by atoms with Crippen molar-refractivity contribution in [3.8, 4) is 11.8 Å². The molecule has 0 spiro atoms. The molecular weight excluding hydrogens is 398 g/mol. The van der Waals surface area contributed by atoms with Crippen molar-refractivity contribution >= 4 is 5.91 Å². The molecule has 5 heteroatoms. The molecule has 0 unspecified atom stereocenters. The number of carbonyl (C=O) groups is 1. The van der Waals surface area contributed by atoms with Crippen molar-refractivity contribution in [2.75, 3.05) is 26.2 Å². The van der Waals surface area contributed by atoms with Gasteiger partial charge in [-0.3, -0.25) is 14.7 Å². The second kappa shape index (κ2) is 10.8. The maximum absolute atomic E-state index is 13.1. The molecule has 3 heterocycles. The standard InChI is InChI=1S/C27H33N3O2/c1-2-3-4-9-21-11-13-22(14-12-21)27-24-19-29(16-7-8-17-30(24)25(27)20-31)26(32)18-23-10-5-6-15-28-23/h5-6,10-15,24-25,27,31H,2-3,7-8,16-20H2,1H3/t24-,25+,27+/m1/s1. The molecule has 0 bridgehead atoms. The van der Waals surface area contributed by atoms with Crippen LogP contribution >= 0.6 is 0 Å². The van der Waals surface area contributed by atoms with Crippen LogP contribution in [0.1, 0.15) is 55.3 Å². The van der Waals surface area contributed by atoms with Crippen LogP contribution in [0.3, 0.4) is 0 Å². The van der Waals surface area contributed by atoms with Gasteiger partial charge in [-0.05, 0) is 55.6 Å². The van der Waals surface area contributed by atoms with Crippen LogP contribution in [-0.2, 0) is 11.2 Å². The molecule has 2 aromatic rings. The Bertz CT molecular complexity index is 948. The third kappa shape index (κ3) is 5.03. The number of carbonyl (C=O) groups excluding carboxylic acids is 1. The van der Waals surface area contributed by atoms with Crippen LogP contribution < -0.4 is 0 Å². The van der Waals surface area contributed by atoms with Gasteiger partial charge in [-0.1, -0.05) is 37.0 Å². The minimum atomic E-state index is 0.114. The maximum Gasteiger partial charge on any atom is 0.228 e. The maximum atomic E-state index is 13.1. The molecule has 32 heavy (non-hydrogen) atoms. The van der Waals surface area contributed by atoms with E-state index in [2.05, 4.69) is 52.9 Å². The smallest absolute Gasteiger partial charge is 0.228 e. The lowest BCUT2D eigenvalue weighted by Gasteiger charge is -2.57. The summed E-state index contributed by atoms with van der Waals surface area (Å²) in [6.45, 7) is 4.74. The average Bonchev–Trinajstić information content (AvgIpc) is 2.80. The van der Waals surface area contributed by atoms with Crippen molar-refractivity contribution in [3.05, 3.63) is 65.5 Å². The summed E-state index contributed by atoms with van der Waals surface area (Å²) in [5.74, 6) is 6.78. The lowest BCUT2D eigenvalue weighted by Crippen LogP contribution is -2.68. The number of aromatic nitrogens is 1. The van der Waals surface area contributed by atoms with Gasteiger partial charge in [-0.2, -0.15) is 0 Å². The van der Waals surface area contributed by atoms with Gasteiger partial charge < -0.3 is 10.0 Å². The highest BCUT2D eigenvalue weighted by atomic mass is 16.3. The Labute approximate surface area is 191 Å². The topological polar surface area (TPSA) is 56.7 Å². The summed E-state index contributed by atoms with van der Waals surface area (Å²) in [6.07, 6.45) is 6.09. The average molecular weight is 432 g/mol. The first-order chi connectivity index (χ1) is 15.7. The molecule has 168 valence electrons. The van der Waals surface area contributed by atoms with E-state index in [-0.39, 0.29) is 30.5 Å². The van der Waals surface area contributed by atoms with Gasteiger partial charge >= 0.3 is 0 Å². The summed E-state index contributed by atoms with van der Waals surface area (Å²) in [5, 5.41) is 10.1. The number of fused-ring (bicyclic) bond motifs is 1. The van der Waals surface area contributed by atoms with E-state index in [4.69, 9.17) is 0 Å². The highest BCUT2D eigenvalue weighted by Gasteiger charge is 2.49. The van der Waals surface area contributed by atoms with E-state index in [0.29, 0.717) is 13.0 Å². The monoisotopic (exact) mass is 431 g/mol. The van der Waals surface area contributed by atoms with Crippen LogP contribution in [0.25, 0.3) is 0 Å². The van der Waals surface area contributed by atoms with Gasteiger partial charge in [0.05, 0.1) is 13.0 Å². The third-order valence-electron chi connectivity index (χ3n) is 6.68. The number of hydrogen-bond donors (Lipinski definition) is 1. The van der Waals surface area contributed by atoms with Crippen LogP contribution in [0.15, 0.2) is 48.7 Å². The van der Waals surface area contributed by atoms with Crippen LogP contribution in [0.5, 0.6) is 0 Å². The highest BCUT2D eigenvalue weighted by molar-refractivity contribution is 5.78. The van der Waals surface area contributed by atoms with Gasteiger partial charge in [-0.15, -0.1) is 0 Å². The number of aliphatic hydroxyl groups excluding tert-OH is 1. The Morgan fingerprint density at radius 3 is 2.69 bits per heavy atom. The fourth-order valence-electron chi connectivity index (χ4n) is 5.01. The van der Waals surface area contributed by atoms with Gasteiger partial charge in [0.15, 0.2) is 0 Å². The predicted molar refractivity (Wildman–Crippen MR) is 126 cm³/mol. The van der Waals surface area contributed by atoms with Gasteiger partial charge in [0.2, 0.25) is 5.91 Å². The zero-order valence-electron chi connectivity index (χ0n) is 18.9. The number of hydrogen-bond acceptors (Lipinski definition) is 4. The Balaban J connectivity index is 1.50. The number of rotatable bonds is 5. The number of nitrogens with zero attached hydrogens (tertiary/aromatic N) is 3. The molecule has 2 aliphatic rings. The molecule has 0 aliphatic carbocycles. The predicted octanol–water partition coefficient (Wildman–Crippen LogP) is 3.23. The lowest BCUT2D eigenvalue weighted by atomic mass is 9.74. The van der Waals surface area contributed by atoms with Crippen LogP contribution in [0.4, 0.5) is 0 Å². The number of unbranched alkanes of at least 4 members (excludes halogenated alkanes) is 1. The fourth-order valence-corrected chi connectivity index (χ4v) is 5.01. The minimum absolute atomic E-state index is 0.114. The summed E-state index contributed by atoms with van der Waals surface area (Å²) in [5.41, 5.74) is 3.07. The number of aliphatic hydroxyl groups is 1. The number of pyridine rings is 1. The molecule has 1 N–H and O–H groups in total. The first-order valence-electron chi connectivity index (χ1n) is 11.8. The SMILES string of the molecule is CCCC#Cc1ccc([C@H]2[C@H]3CN(C(=O)Cc4ccccn4)CCCCN3[C@H]2CO)cc1. The van der Waals surface area contributed by atoms with Gasteiger partial charge in [0.25, 0.3) is 0 Å². The molecule has 0 saturated carbocycles. The fraction of sp³-hybridized carbons (Fsp3) is 0.481. The Morgan fingerprint density at radius 2 is 1.97 bits per heavy atom. The number of benzene rings is 1. The first kappa shape index (κ1) is 22.5. The molecule has 1 aromatic heterocycles. The lowest BCUT2D eigenvalue weighted by molar-refractivity contribution is -0.135. The van der Waals surface area contributed by atoms with E-state index >= 15 is 0 Å². The molecule has 1 amide bonds. The van der Waals surface area contributed by atoms with E-state index in [9.17, 15) is 9.90 Å². The van der Waals surface area contributed by atoms with Crippen LogP contribution in [-0.4, -0.2) is 64.1 Å². The van der Waals surface area contributed by atoms with Crippen LogP contribution in [0.2, 0.25) is 0 Å². The Morgan fingerprint density at radius 1 is 1.16 bits per heavy atom. The second-order valence-electron chi connectivity index (χ2n) is 8.80. The summed E-state index contributed by atoms with van der Waals surface area (Å²) < 4.78 is 0. The largest absolute Gasteiger partial charge is 0.395 e. The van der Waals surface area contributed by atoms with E-state index in [1.165, 1.54) is 5.56 Å². The van der Waals surface area contributed by atoms with Crippen molar-refractivity contribution in [1.82, 2.24) is 14.8 Å². The molecule has 0 radical (unpaired) electrons. The zero-order valence-corrected chi connectivity index (χ0v) is 18.9. The zero-order chi connectivity index (χ0) is 22.3. The van der Waals surface area contributed by atoms with Crippen molar-refractivity contribution in [2.24, 2.45) is 0 Å². The second-order valence-corrected chi connectivity index (χ2v) is 8.80. The molecule has 4 rings (SSSR count). The molecule has 1 aromatic carbocycles. The minimum Gasteiger partial charge on any atom is -0.395 e. The molecule has 2 aliphatic heterocycles. The summed E-state index contributed by atoms with van der Waals surface area (Å²) >= 11 is 0. The Hall–Kier alpha value is -2.68. The molecule has 2 saturated heterocycles. The quantitative estimate of drug-likeness (QED) is 0.739. The van der Waals surface area contributed by atoms with E-state index in [1.807, 2.05) is 23.1 Å². The molecule has 3 atom stereocenters. The molecule has 2 fully saturated rings. The van der Waals surface area contributed by atoms with Crippen molar-refractivity contribution in [2.45, 2.75) is 57.0 Å². The van der Waals surface area contributed by atoms with Gasteiger partial charge in [-0.25, -0.2) is 0 Å². The number of amides is 1. The Kier molecular flexibility index (Phi) is 7.57. The van der Waals surface area contributed by atoms with Gasteiger partial charge in [0.1, 0.15) is 0 Å². The summed E-state index contributed by atoms with van der Waals surface area (Å²) in [7, 11) is 0. The van der Waals surface area contributed by atoms with E-state index in [1.54, 1.807) is 6.20 Å². The highest BCUT2D eigenvalue weighted by Crippen LogP contribution is 2.42. The normalized spacial score (nSPS) is 23.2. The van der Waals surface area contributed by atoms with Crippen molar-refractivity contribution in [3.63, 3.8) is 0 Å². The third-order valence-corrected chi connectivity index (χ3v) is 6.68. The first-order valence-corrected chi connectivity index (χ1v) is 11.8. The summed E-state index contributed by atoms with van der Waals surface area (Å²) in [4.78, 5) is 21.8. The van der Waals surface area contributed by atoms with E-state index in [0.717, 1.165) is 50.0 Å². The molecular formula is C27H33N3O2. The van der Waals surface area contributed by atoms with E-state index < -0.39 is 0 Å². The van der Waals surface area contributed by atoms with Crippen LogP contribution in [0, 0.1) is 11.8 Å².